The van der Waals surface area contributed by atoms with E-state index < -0.39 is 49.8 Å². The fraction of sp³-hybridized carbons (Fsp3) is 0.659. The third kappa shape index (κ3) is 7.51. The second-order valence-electron chi connectivity index (χ2n) is 17.0. The van der Waals surface area contributed by atoms with E-state index in [0.29, 0.717) is 50.9 Å². The Labute approximate surface area is 329 Å². The highest BCUT2D eigenvalue weighted by Crippen LogP contribution is 2.49. The van der Waals surface area contributed by atoms with Crippen molar-refractivity contribution in [2.75, 3.05) is 46.0 Å². The number of nitrogens with two attached hydrogens (primary N) is 1. The number of allylic oxidation sites excluding steroid dienone is 1. The van der Waals surface area contributed by atoms with Gasteiger partial charge in [0.25, 0.3) is 5.91 Å². The van der Waals surface area contributed by atoms with E-state index in [9.17, 15) is 22.8 Å². The molecule has 1 spiro atoms. The summed E-state index contributed by atoms with van der Waals surface area (Å²) in [7, 11) is -3.94. The van der Waals surface area contributed by atoms with Crippen LogP contribution in [0.25, 0.3) is 10.9 Å². The van der Waals surface area contributed by atoms with Gasteiger partial charge in [-0.15, -0.1) is 0 Å². The first kappa shape index (κ1) is 39.1. The first-order chi connectivity index (χ1) is 26.9. The summed E-state index contributed by atoms with van der Waals surface area (Å²) in [5, 5.41) is 3.93. The lowest BCUT2D eigenvalue weighted by Crippen LogP contribution is -2.58. The molecule has 3 amide bonds. The van der Waals surface area contributed by atoms with Crippen LogP contribution in [0.5, 0.6) is 11.5 Å². The molecule has 0 radical (unpaired) electrons. The van der Waals surface area contributed by atoms with E-state index in [1.54, 1.807) is 11.8 Å². The van der Waals surface area contributed by atoms with Crippen molar-refractivity contribution in [1.82, 2.24) is 24.8 Å². The van der Waals surface area contributed by atoms with Crippen molar-refractivity contribution in [3.05, 3.63) is 41.6 Å². The number of carbonyl (C=O) groups excluding carboxylic acids is 3. The van der Waals surface area contributed by atoms with Gasteiger partial charge < -0.3 is 30.2 Å². The number of pyridine rings is 1. The minimum absolute atomic E-state index is 0.151. The van der Waals surface area contributed by atoms with Gasteiger partial charge in [0.05, 0.1) is 41.8 Å². The number of morpholine rings is 1. The zero-order chi connectivity index (χ0) is 39.3. The molecule has 2 aliphatic carbocycles. The number of carbonyl (C=O) groups is 3. The maximum atomic E-state index is 14.5. The Morgan fingerprint density at radius 1 is 1.12 bits per heavy atom. The van der Waals surface area contributed by atoms with E-state index in [4.69, 9.17) is 24.9 Å². The number of sulfonamides is 1. The number of hydrogen-bond donors (Lipinski definition) is 3. The first-order valence-electron chi connectivity index (χ1n) is 20.5. The molecule has 4 aliphatic heterocycles. The third-order valence-corrected chi connectivity index (χ3v) is 15.2. The maximum absolute atomic E-state index is 14.5. The number of amides is 3. The number of aryl methyl sites for hydroxylation is 2. The molecule has 2 saturated carbocycles. The summed E-state index contributed by atoms with van der Waals surface area (Å²) in [6.45, 7) is 8.44. The third-order valence-electron chi connectivity index (χ3n) is 13.0. The van der Waals surface area contributed by atoms with Crippen molar-refractivity contribution < 1.29 is 37.0 Å². The van der Waals surface area contributed by atoms with E-state index in [2.05, 4.69) is 14.9 Å². The smallest absolute Gasteiger partial charge is 0.259 e. The molecule has 0 unspecified atom stereocenters. The largest absolute Gasteiger partial charge is 0.492 e. The molecule has 304 valence electrons. The van der Waals surface area contributed by atoms with Crippen LogP contribution in [-0.2, 0) is 42.0 Å². The molecule has 5 heterocycles. The van der Waals surface area contributed by atoms with Crippen LogP contribution in [-0.4, -0.2) is 115 Å². The van der Waals surface area contributed by atoms with Gasteiger partial charge in [0.2, 0.25) is 21.8 Å². The Morgan fingerprint density at radius 3 is 2.70 bits per heavy atom. The van der Waals surface area contributed by atoms with Gasteiger partial charge in [0.15, 0.2) is 0 Å². The number of nitrogens with zero attached hydrogens (tertiary/aromatic N) is 3. The van der Waals surface area contributed by atoms with E-state index in [0.717, 1.165) is 86.4 Å². The number of aromatic nitrogens is 1. The number of nitrogens with one attached hydrogen (secondary N) is 2. The molecule has 5 atom stereocenters. The topological polar surface area (TPSA) is 182 Å². The van der Waals surface area contributed by atoms with Gasteiger partial charge in [-0.1, -0.05) is 31.9 Å². The lowest BCUT2D eigenvalue weighted by Gasteiger charge is -2.37. The van der Waals surface area contributed by atoms with Crippen molar-refractivity contribution in [1.29, 1.82) is 0 Å². The summed E-state index contributed by atoms with van der Waals surface area (Å²) in [6.07, 6.45) is 10.9. The molecule has 56 heavy (non-hydrogen) atoms. The van der Waals surface area contributed by atoms with Crippen molar-refractivity contribution in [2.45, 2.75) is 119 Å². The van der Waals surface area contributed by atoms with Gasteiger partial charge >= 0.3 is 0 Å². The first-order valence-corrected chi connectivity index (χ1v) is 22.0. The summed E-state index contributed by atoms with van der Waals surface area (Å²) in [5.41, 5.74) is 6.89. The second kappa shape index (κ2) is 15.2. The lowest BCUT2D eigenvalue weighted by molar-refractivity contribution is -0.140. The minimum atomic E-state index is -3.94. The Kier molecular flexibility index (Phi) is 10.6. The van der Waals surface area contributed by atoms with Crippen LogP contribution >= 0.6 is 0 Å². The van der Waals surface area contributed by atoms with Crippen LogP contribution in [0.4, 0.5) is 0 Å². The highest BCUT2D eigenvalue weighted by atomic mass is 32.2. The molecule has 8 rings (SSSR count). The molecular weight excluding hydrogens is 737 g/mol. The molecular formula is C41H56N6O8S. The number of hydrogen-bond acceptors (Lipinski definition) is 11. The number of benzene rings is 1. The highest BCUT2D eigenvalue weighted by molar-refractivity contribution is 7.91. The van der Waals surface area contributed by atoms with Crippen molar-refractivity contribution in [3.63, 3.8) is 0 Å². The van der Waals surface area contributed by atoms with Crippen LogP contribution in [0.15, 0.2) is 30.4 Å². The molecule has 1 aromatic heterocycles. The van der Waals surface area contributed by atoms with E-state index in [1.807, 2.05) is 37.3 Å². The average molecular weight is 793 g/mol. The highest BCUT2D eigenvalue weighted by Gasteiger charge is 2.64. The van der Waals surface area contributed by atoms with Gasteiger partial charge in [-0.05, 0) is 82.9 Å². The van der Waals surface area contributed by atoms with Crippen molar-refractivity contribution in [3.8, 4) is 11.5 Å². The van der Waals surface area contributed by atoms with Gasteiger partial charge in [0, 0.05) is 42.9 Å². The predicted molar refractivity (Wildman–Crippen MR) is 210 cm³/mol. The normalized spacial score (nSPS) is 31.2. The molecule has 2 aromatic rings. The Hall–Kier alpha value is -3.79. The van der Waals surface area contributed by atoms with Gasteiger partial charge in [-0.25, -0.2) is 13.4 Å². The quantitative estimate of drug-likeness (QED) is 0.335. The Bertz CT molecular complexity index is 2020. The SMILES string of the molecule is CCc1nc2ccc(OCCN3CCOCC3)cc2c2c1O[C@]1(CC2)C[C@H]2C(=O)N[C@]3(C(=O)NS(=O)(=O)C4(C)CC4)C[C@H]3/C=C\CCCCC[C@H](N)C(=O)N2C1. The number of rotatable bonds is 8. The summed E-state index contributed by atoms with van der Waals surface area (Å²) >= 11 is 0. The molecule has 6 aliphatic rings. The summed E-state index contributed by atoms with van der Waals surface area (Å²) in [5.74, 6) is -0.521. The van der Waals surface area contributed by atoms with E-state index >= 15 is 0 Å². The lowest BCUT2D eigenvalue weighted by atomic mass is 9.87. The average Bonchev–Trinajstić information content (AvgIpc) is 4.08. The number of fused-ring (bicyclic) bond motifs is 5. The zero-order valence-corrected chi connectivity index (χ0v) is 33.5. The maximum Gasteiger partial charge on any atom is 0.259 e. The standard InChI is InChI=1S/C41H56N6O8S/c1-3-32-35-29(30-23-28(11-12-33(30)43-32)54-22-19-46-17-20-53-21-18-46)13-14-40(55-35)25-34-36(48)44-41(38(50)45-56(51,52)39(2)15-16-39)24-27(41)9-7-5-4-6-8-10-31(42)37(49)47(34)26-40/h7,9,11-12,23,27,31,34H,3-6,8,10,13-22,24-26,42H2,1-2H3,(H,44,48)(H,45,50)/b9-7-/t27-,31+,34+,40-,41-/m1/s1. The Balaban J connectivity index is 1.06. The van der Waals surface area contributed by atoms with E-state index in [-0.39, 0.29) is 31.2 Å². The van der Waals surface area contributed by atoms with Crippen LogP contribution in [0, 0.1) is 5.92 Å². The molecule has 4 N–H and O–H groups in total. The number of ether oxygens (including phenoxy) is 3. The molecule has 1 aromatic carbocycles. The molecule has 15 heteroatoms. The zero-order valence-electron chi connectivity index (χ0n) is 32.6. The summed E-state index contributed by atoms with van der Waals surface area (Å²) < 4.78 is 46.3. The predicted octanol–water partition coefficient (Wildman–Crippen LogP) is 2.89. The molecule has 2 saturated heterocycles. The fourth-order valence-electron chi connectivity index (χ4n) is 8.92. The summed E-state index contributed by atoms with van der Waals surface area (Å²) in [6, 6.07) is 4.20. The second-order valence-corrected chi connectivity index (χ2v) is 19.2. The summed E-state index contributed by atoms with van der Waals surface area (Å²) in [4.78, 5) is 51.4. The van der Waals surface area contributed by atoms with Crippen LogP contribution in [0.1, 0.15) is 89.3 Å². The monoisotopic (exact) mass is 792 g/mol. The van der Waals surface area contributed by atoms with E-state index in [1.165, 1.54) is 0 Å². The van der Waals surface area contributed by atoms with Crippen LogP contribution in [0.3, 0.4) is 0 Å². The van der Waals surface area contributed by atoms with Crippen molar-refractivity contribution in [2.24, 2.45) is 11.7 Å². The van der Waals surface area contributed by atoms with Crippen LogP contribution in [0.2, 0.25) is 0 Å². The van der Waals surface area contributed by atoms with Crippen molar-refractivity contribution >= 4 is 38.6 Å². The van der Waals surface area contributed by atoms with Gasteiger partial charge in [0.1, 0.15) is 35.3 Å². The molecule has 0 bridgehead atoms. The fourth-order valence-corrected chi connectivity index (χ4v) is 10.2. The minimum Gasteiger partial charge on any atom is -0.492 e. The molecule has 4 fully saturated rings. The van der Waals surface area contributed by atoms with Gasteiger partial charge in [-0.3, -0.25) is 24.0 Å². The van der Waals surface area contributed by atoms with Crippen LogP contribution < -0.4 is 25.2 Å². The van der Waals surface area contributed by atoms with Gasteiger partial charge in [-0.2, -0.15) is 0 Å². The molecule has 14 nitrogen and oxygen atoms in total. The Morgan fingerprint density at radius 2 is 1.93 bits per heavy atom.